The number of benzene rings is 3. The molecule has 0 atom stereocenters. The van der Waals surface area contributed by atoms with Gasteiger partial charge in [-0.25, -0.2) is 4.79 Å². The first-order chi connectivity index (χ1) is 14.9. The SMILES string of the molecule is CC(=O)O/N=C(\C(=O)c1ccc(Sc2ccccc2)cc1)c1c(C)cccc1[N+](=O)[O-]. The molecule has 3 aromatic rings. The Balaban J connectivity index is 1.98. The molecule has 0 saturated carbocycles. The van der Waals surface area contributed by atoms with Crippen LogP contribution in [0.2, 0.25) is 0 Å². The maximum absolute atomic E-state index is 13.2. The van der Waals surface area contributed by atoms with Crippen molar-refractivity contribution in [3.63, 3.8) is 0 Å². The van der Waals surface area contributed by atoms with E-state index in [0.717, 1.165) is 16.7 Å². The smallest absolute Gasteiger partial charge is 0.318 e. The van der Waals surface area contributed by atoms with Crippen molar-refractivity contribution in [2.24, 2.45) is 5.16 Å². The molecule has 0 aromatic heterocycles. The molecular weight excluding hydrogens is 416 g/mol. The molecule has 0 unspecified atom stereocenters. The van der Waals surface area contributed by atoms with Crippen molar-refractivity contribution < 1.29 is 19.3 Å². The quantitative estimate of drug-likeness (QED) is 0.167. The van der Waals surface area contributed by atoms with Gasteiger partial charge in [0, 0.05) is 28.3 Å². The zero-order valence-electron chi connectivity index (χ0n) is 16.8. The van der Waals surface area contributed by atoms with Crippen molar-refractivity contribution in [3.05, 3.63) is 99.6 Å². The maximum atomic E-state index is 13.2. The summed E-state index contributed by atoms with van der Waals surface area (Å²) in [5.41, 5.74) is 0.144. The molecule has 8 heteroatoms. The number of hydrogen-bond acceptors (Lipinski definition) is 7. The average Bonchev–Trinajstić information content (AvgIpc) is 2.75. The summed E-state index contributed by atoms with van der Waals surface area (Å²) >= 11 is 1.54. The van der Waals surface area contributed by atoms with Gasteiger partial charge in [0.15, 0.2) is 5.71 Å². The Morgan fingerprint density at radius 1 is 0.935 bits per heavy atom. The average molecular weight is 434 g/mol. The third-order valence-electron chi connectivity index (χ3n) is 4.26. The molecule has 7 nitrogen and oxygen atoms in total. The fraction of sp³-hybridized carbons (Fsp3) is 0.0870. The second-order valence-corrected chi connectivity index (χ2v) is 7.66. The van der Waals surface area contributed by atoms with Gasteiger partial charge in [-0.05, 0) is 48.9 Å². The number of oxime groups is 1. The van der Waals surface area contributed by atoms with E-state index in [4.69, 9.17) is 4.84 Å². The highest BCUT2D eigenvalue weighted by molar-refractivity contribution is 7.99. The van der Waals surface area contributed by atoms with Crippen molar-refractivity contribution in [2.45, 2.75) is 23.6 Å². The van der Waals surface area contributed by atoms with E-state index in [-0.39, 0.29) is 22.5 Å². The third-order valence-corrected chi connectivity index (χ3v) is 5.28. The van der Waals surface area contributed by atoms with Crippen LogP contribution in [0, 0.1) is 17.0 Å². The van der Waals surface area contributed by atoms with Crippen molar-refractivity contribution in [3.8, 4) is 0 Å². The van der Waals surface area contributed by atoms with Crippen LogP contribution in [0.5, 0.6) is 0 Å². The van der Waals surface area contributed by atoms with Crippen LogP contribution in [0.25, 0.3) is 0 Å². The van der Waals surface area contributed by atoms with Gasteiger partial charge in [-0.3, -0.25) is 14.9 Å². The fourth-order valence-corrected chi connectivity index (χ4v) is 3.70. The van der Waals surface area contributed by atoms with Gasteiger partial charge in [0.1, 0.15) is 0 Å². The molecule has 0 amide bonds. The van der Waals surface area contributed by atoms with Gasteiger partial charge in [0.05, 0.1) is 10.5 Å². The second-order valence-electron chi connectivity index (χ2n) is 6.52. The molecule has 0 bridgehead atoms. The van der Waals surface area contributed by atoms with Crippen LogP contribution < -0.4 is 0 Å². The van der Waals surface area contributed by atoms with Gasteiger partial charge in [0.25, 0.3) is 5.69 Å². The minimum Gasteiger partial charge on any atom is -0.318 e. The van der Waals surface area contributed by atoms with Crippen LogP contribution >= 0.6 is 11.8 Å². The number of carbonyl (C=O) groups excluding carboxylic acids is 2. The first kappa shape index (κ1) is 21.9. The number of nitro groups is 1. The van der Waals surface area contributed by atoms with E-state index in [2.05, 4.69) is 5.16 Å². The maximum Gasteiger partial charge on any atom is 0.332 e. The van der Waals surface area contributed by atoms with Gasteiger partial charge in [-0.1, -0.05) is 47.2 Å². The molecule has 0 aliphatic carbocycles. The molecule has 0 fully saturated rings. The number of aryl methyl sites for hydroxylation is 1. The summed E-state index contributed by atoms with van der Waals surface area (Å²) in [6.45, 7) is 2.76. The molecule has 0 saturated heterocycles. The Morgan fingerprint density at radius 3 is 2.19 bits per heavy atom. The predicted octanol–water partition coefficient (Wildman–Crippen LogP) is 5.20. The molecule has 3 aromatic carbocycles. The molecular formula is C23H18N2O5S. The summed E-state index contributed by atoms with van der Waals surface area (Å²) in [7, 11) is 0. The van der Waals surface area contributed by atoms with Crippen LogP contribution in [0.4, 0.5) is 5.69 Å². The lowest BCUT2D eigenvalue weighted by atomic mass is 9.96. The highest BCUT2D eigenvalue weighted by Gasteiger charge is 2.27. The predicted molar refractivity (Wildman–Crippen MR) is 117 cm³/mol. The van der Waals surface area contributed by atoms with Crippen molar-refractivity contribution in [1.29, 1.82) is 0 Å². The van der Waals surface area contributed by atoms with E-state index in [9.17, 15) is 19.7 Å². The summed E-state index contributed by atoms with van der Waals surface area (Å²) < 4.78 is 0. The fourth-order valence-electron chi connectivity index (χ4n) is 2.86. The van der Waals surface area contributed by atoms with E-state index in [0.29, 0.717) is 5.56 Å². The topological polar surface area (TPSA) is 98.9 Å². The largest absolute Gasteiger partial charge is 0.332 e. The van der Waals surface area contributed by atoms with Crippen molar-refractivity contribution >= 4 is 34.9 Å². The lowest BCUT2D eigenvalue weighted by Gasteiger charge is -2.10. The molecule has 0 heterocycles. The molecule has 0 spiro atoms. The van der Waals surface area contributed by atoms with Crippen molar-refractivity contribution in [1.82, 2.24) is 0 Å². The summed E-state index contributed by atoms with van der Waals surface area (Å²) in [5.74, 6) is -1.33. The van der Waals surface area contributed by atoms with Crippen LogP contribution in [0.15, 0.2) is 87.7 Å². The van der Waals surface area contributed by atoms with Crippen LogP contribution in [-0.2, 0) is 9.63 Å². The summed E-state index contributed by atoms with van der Waals surface area (Å²) in [5, 5.41) is 15.2. The first-order valence-electron chi connectivity index (χ1n) is 9.24. The van der Waals surface area contributed by atoms with Crippen LogP contribution in [-0.4, -0.2) is 22.4 Å². The number of carbonyl (C=O) groups is 2. The molecule has 156 valence electrons. The number of nitrogens with zero attached hydrogens (tertiary/aromatic N) is 2. The lowest BCUT2D eigenvalue weighted by Crippen LogP contribution is -2.20. The Kier molecular flexibility index (Phi) is 6.94. The zero-order valence-corrected chi connectivity index (χ0v) is 17.6. The number of hydrogen-bond donors (Lipinski definition) is 0. The van der Waals surface area contributed by atoms with E-state index in [1.807, 2.05) is 30.3 Å². The number of ketones is 1. The van der Waals surface area contributed by atoms with Gasteiger partial charge >= 0.3 is 5.97 Å². The van der Waals surface area contributed by atoms with Crippen LogP contribution in [0.1, 0.15) is 28.4 Å². The van der Waals surface area contributed by atoms with Gasteiger partial charge < -0.3 is 4.84 Å². The van der Waals surface area contributed by atoms with Gasteiger partial charge in [-0.2, -0.15) is 0 Å². The highest BCUT2D eigenvalue weighted by Crippen LogP contribution is 2.28. The Labute approximate surface area is 182 Å². The van der Waals surface area contributed by atoms with E-state index < -0.39 is 16.7 Å². The minimum absolute atomic E-state index is 0.0153. The number of Topliss-reactive ketones (excluding diaryl/α,β-unsaturated/α-hetero) is 1. The summed E-state index contributed by atoms with van der Waals surface area (Å²) in [4.78, 5) is 42.1. The van der Waals surface area contributed by atoms with E-state index in [1.165, 1.54) is 23.9 Å². The Morgan fingerprint density at radius 2 is 1.58 bits per heavy atom. The molecule has 0 radical (unpaired) electrons. The number of rotatable bonds is 7. The van der Waals surface area contributed by atoms with Crippen molar-refractivity contribution in [2.75, 3.05) is 0 Å². The van der Waals surface area contributed by atoms with Crippen LogP contribution in [0.3, 0.4) is 0 Å². The third kappa shape index (κ3) is 5.43. The summed E-state index contributed by atoms with van der Waals surface area (Å²) in [6.07, 6.45) is 0. The zero-order chi connectivity index (χ0) is 22.4. The summed E-state index contributed by atoms with van der Waals surface area (Å²) in [6, 6.07) is 21.0. The molecule has 0 aliphatic rings. The Hall–Kier alpha value is -3.78. The molecule has 0 N–H and O–H groups in total. The molecule has 3 rings (SSSR count). The molecule has 31 heavy (non-hydrogen) atoms. The molecule has 0 aliphatic heterocycles. The van der Waals surface area contributed by atoms with E-state index in [1.54, 1.807) is 37.3 Å². The number of nitro benzene ring substituents is 1. The second kappa shape index (κ2) is 9.82. The minimum atomic E-state index is -0.740. The standard InChI is InChI=1S/C23H18N2O5S/c1-15-7-6-10-20(25(28)29)21(15)22(24-30-16(2)26)23(27)17-11-13-19(14-12-17)31-18-8-4-3-5-9-18/h3-14H,1-2H3/b24-22-. The van der Waals surface area contributed by atoms with Gasteiger partial charge in [-0.15, -0.1) is 0 Å². The lowest BCUT2D eigenvalue weighted by molar-refractivity contribution is -0.385. The normalized spacial score (nSPS) is 11.1. The van der Waals surface area contributed by atoms with E-state index >= 15 is 0 Å². The Bertz CT molecular complexity index is 1160. The first-order valence-corrected chi connectivity index (χ1v) is 10.1. The van der Waals surface area contributed by atoms with Gasteiger partial charge in [0.2, 0.25) is 5.78 Å². The monoisotopic (exact) mass is 434 g/mol. The highest BCUT2D eigenvalue weighted by atomic mass is 32.2.